The molecule has 0 aliphatic carbocycles. The lowest BCUT2D eigenvalue weighted by Gasteiger charge is -1.99. The molecule has 76 valence electrons. The van der Waals surface area contributed by atoms with Crippen molar-refractivity contribution in [1.82, 2.24) is 0 Å². The van der Waals surface area contributed by atoms with Gasteiger partial charge in [0.2, 0.25) is 0 Å². The number of hydrogen-bond donors (Lipinski definition) is 1. The van der Waals surface area contributed by atoms with Crippen molar-refractivity contribution in [3.8, 4) is 6.07 Å². The first kappa shape index (κ1) is 11.2. The molecule has 0 bridgehead atoms. The third kappa shape index (κ3) is 2.55. The molecular weight excluding hydrogens is 221 g/mol. The number of benzene rings is 1. The van der Waals surface area contributed by atoms with E-state index in [4.69, 9.17) is 22.0 Å². The molecule has 1 N–H and O–H groups in total. The summed E-state index contributed by atoms with van der Waals surface area (Å²) in [6.07, 6.45) is 0.903. The number of hydrogen-bond acceptors (Lipinski definition) is 2. The van der Waals surface area contributed by atoms with Crippen molar-refractivity contribution < 1.29 is 14.3 Å². The second-order valence-electron chi connectivity index (χ2n) is 2.61. The van der Waals surface area contributed by atoms with E-state index in [1.165, 1.54) is 18.2 Å². The highest BCUT2D eigenvalue weighted by atomic mass is 35.5. The average Bonchev–Trinajstić information content (AvgIpc) is 2.17. The zero-order valence-corrected chi connectivity index (χ0v) is 8.12. The summed E-state index contributed by atoms with van der Waals surface area (Å²) in [7, 11) is 0. The molecule has 0 fully saturated rings. The number of nitrogens with zero attached hydrogens (tertiary/aromatic N) is 1. The van der Waals surface area contributed by atoms with Crippen LogP contribution in [0, 0.1) is 17.1 Å². The van der Waals surface area contributed by atoms with Gasteiger partial charge in [-0.15, -0.1) is 0 Å². The van der Waals surface area contributed by atoms with Gasteiger partial charge >= 0.3 is 5.97 Å². The first-order valence-electron chi connectivity index (χ1n) is 3.85. The fourth-order valence-corrected chi connectivity index (χ4v) is 1.15. The summed E-state index contributed by atoms with van der Waals surface area (Å²) in [5.41, 5.74) is -0.667. The Morgan fingerprint density at radius 2 is 2.27 bits per heavy atom. The molecule has 0 aliphatic heterocycles. The van der Waals surface area contributed by atoms with Gasteiger partial charge in [0.25, 0.3) is 0 Å². The zero-order valence-electron chi connectivity index (χ0n) is 7.37. The van der Waals surface area contributed by atoms with Crippen molar-refractivity contribution in [3.63, 3.8) is 0 Å². The molecule has 0 unspecified atom stereocenters. The molecule has 0 saturated carbocycles. The highest BCUT2D eigenvalue weighted by molar-refractivity contribution is 6.32. The minimum Gasteiger partial charge on any atom is -0.477 e. The van der Waals surface area contributed by atoms with Gasteiger partial charge in [-0.05, 0) is 18.2 Å². The van der Waals surface area contributed by atoms with E-state index in [0.29, 0.717) is 0 Å². The Morgan fingerprint density at radius 1 is 1.60 bits per heavy atom. The van der Waals surface area contributed by atoms with Crippen LogP contribution in [0.25, 0.3) is 6.08 Å². The van der Waals surface area contributed by atoms with Gasteiger partial charge in [0.15, 0.2) is 0 Å². The molecule has 3 nitrogen and oxygen atoms in total. The second kappa shape index (κ2) is 4.58. The Hall–Kier alpha value is -1.86. The maximum atomic E-state index is 13.2. The van der Waals surface area contributed by atoms with Gasteiger partial charge in [0.1, 0.15) is 17.5 Å². The van der Waals surface area contributed by atoms with Gasteiger partial charge in [-0.2, -0.15) is 5.26 Å². The molecule has 0 radical (unpaired) electrons. The topological polar surface area (TPSA) is 61.1 Å². The van der Waals surface area contributed by atoms with Crippen molar-refractivity contribution in [1.29, 1.82) is 5.26 Å². The van der Waals surface area contributed by atoms with Crippen molar-refractivity contribution >= 4 is 23.6 Å². The summed E-state index contributed by atoms with van der Waals surface area (Å²) in [6, 6.07) is 5.37. The molecule has 5 heteroatoms. The Morgan fingerprint density at radius 3 is 2.73 bits per heavy atom. The van der Waals surface area contributed by atoms with Crippen LogP contribution in [0.1, 0.15) is 5.56 Å². The second-order valence-corrected chi connectivity index (χ2v) is 3.02. The number of carbonyl (C=O) groups is 1. The molecule has 1 rings (SSSR count). The van der Waals surface area contributed by atoms with E-state index in [2.05, 4.69) is 0 Å². The predicted octanol–water partition coefficient (Wildman–Crippen LogP) is 2.47. The van der Waals surface area contributed by atoms with Crippen LogP contribution < -0.4 is 0 Å². The molecule has 0 spiro atoms. The van der Waals surface area contributed by atoms with Gasteiger partial charge < -0.3 is 5.11 Å². The average molecular weight is 226 g/mol. The highest BCUT2D eigenvalue weighted by Crippen LogP contribution is 2.21. The van der Waals surface area contributed by atoms with Gasteiger partial charge in [0.05, 0.1) is 5.02 Å². The van der Waals surface area contributed by atoms with Crippen LogP contribution in [0.2, 0.25) is 5.02 Å². The Labute approximate surface area is 90.0 Å². The van der Waals surface area contributed by atoms with E-state index >= 15 is 0 Å². The quantitative estimate of drug-likeness (QED) is 0.621. The van der Waals surface area contributed by atoms with Crippen LogP contribution in [0.3, 0.4) is 0 Å². The largest absolute Gasteiger partial charge is 0.477 e. The van der Waals surface area contributed by atoms with Crippen LogP contribution in [-0.2, 0) is 4.79 Å². The number of carboxylic acid groups (broad SMARTS) is 1. The fraction of sp³-hybridized carbons (Fsp3) is 0. The Bertz CT molecular complexity index is 457. The van der Waals surface area contributed by atoms with Crippen molar-refractivity contribution in [2.24, 2.45) is 0 Å². The minimum absolute atomic E-state index is 0.0593. The molecule has 0 aliphatic rings. The number of carboxylic acids is 1. The minimum atomic E-state index is -1.42. The number of aliphatic carboxylic acids is 1. The summed E-state index contributed by atoms with van der Waals surface area (Å²) in [4.78, 5) is 10.5. The lowest BCUT2D eigenvalue weighted by molar-refractivity contribution is -0.132. The van der Waals surface area contributed by atoms with Crippen LogP contribution in [0.5, 0.6) is 0 Å². The number of nitriles is 1. The first-order chi connectivity index (χ1) is 7.06. The van der Waals surface area contributed by atoms with Crippen LogP contribution in [0.4, 0.5) is 4.39 Å². The van der Waals surface area contributed by atoms with E-state index in [0.717, 1.165) is 12.1 Å². The fourth-order valence-electron chi connectivity index (χ4n) is 0.935. The maximum Gasteiger partial charge on any atom is 0.346 e. The van der Waals surface area contributed by atoms with E-state index < -0.39 is 17.4 Å². The molecule has 1 aromatic carbocycles. The normalized spacial score (nSPS) is 10.9. The summed E-state index contributed by atoms with van der Waals surface area (Å²) in [5.74, 6) is -2.09. The highest BCUT2D eigenvalue weighted by Gasteiger charge is 2.10. The first-order valence-corrected chi connectivity index (χ1v) is 4.23. The van der Waals surface area contributed by atoms with Gasteiger partial charge in [-0.3, -0.25) is 0 Å². The molecule has 0 atom stereocenters. The molecule has 15 heavy (non-hydrogen) atoms. The summed E-state index contributed by atoms with van der Waals surface area (Å²) in [5, 5.41) is 17.1. The predicted molar refractivity (Wildman–Crippen MR) is 52.6 cm³/mol. The molecule has 0 saturated heterocycles. The van der Waals surface area contributed by atoms with Crippen LogP contribution in [0.15, 0.2) is 23.8 Å². The van der Waals surface area contributed by atoms with E-state index in [1.807, 2.05) is 0 Å². The third-order valence-electron chi connectivity index (χ3n) is 1.64. The lowest BCUT2D eigenvalue weighted by atomic mass is 10.1. The molecule has 0 heterocycles. The zero-order chi connectivity index (χ0) is 11.4. The summed E-state index contributed by atoms with van der Waals surface area (Å²) < 4.78 is 13.2. The van der Waals surface area contributed by atoms with Crippen molar-refractivity contribution in [2.45, 2.75) is 0 Å². The van der Waals surface area contributed by atoms with Gasteiger partial charge in [-0.1, -0.05) is 17.7 Å². The van der Waals surface area contributed by atoms with Gasteiger partial charge in [-0.25, -0.2) is 9.18 Å². The SMILES string of the molecule is N#C/C(=C\c1c(F)cccc1Cl)C(=O)O. The third-order valence-corrected chi connectivity index (χ3v) is 1.97. The summed E-state index contributed by atoms with van der Waals surface area (Å²) >= 11 is 5.65. The van der Waals surface area contributed by atoms with E-state index in [-0.39, 0.29) is 10.6 Å². The molecule has 0 amide bonds. The van der Waals surface area contributed by atoms with Crippen molar-refractivity contribution in [3.05, 3.63) is 40.2 Å². The maximum absolute atomic E-state index is 13.2. The van der Waals surface area contributed by atoms with Gasteiger partial charge in [0, 0.05) is 5.56 Å². The van der Waals surface area contributed by atoms with E-state index in [1.54, 1.807) is 0 Å². The molecular formula is C10H5ClFNO2. The van der Waals surface area contributed by atoms with E-state index in [9.17, 15) is 9.18 Å². The monoisotopic (exact) mass is 225 g/mol. The standard InChI is InChI=1S/C10H5ClFNO2/c11-8-2-1-3-9(12)7(8)4-6(5-13)10(14)15/h1-4H,(H,14,15)/b6-4+. The van der Waals surface area contributed by atoms with Crippen molar-refractivity contribution in [2.75, 3.05) is 0 Å². The smallest absolute Gasteiger partial charge is 0.346 e. The summed E-state index contributed by atoms with van der Waals surface area (Å²) in [6.45, 7) is 0. The van der Waals surface area contributed by atoms with Crippen LogP contribution in [-0.4, -0.2) is 11.1 Å². The molecule has 1 aromatic rings. The Balaban J connectivity index is 3.30. The lowest BCUT2D eigenvalue weighted by Crippen LogP contribution is -1.98. The molecule has 0 aromatic heterocycles. The Kier molecular flexibility index (Phi) is 3.42. The number of halogens is 2. The van der Waals surface area contributed by atoms with Crippen LogP contribution >= 0.6 is 11.6 Å². The number of rotatable bonds is 2.